The first-order chi connectivity index (χ1) is 10.7. The van der Waals surface area contributed by atoms with Gasteiger partial charge in [0.2, 0.25) is 0 Å². The third-order valence-corrected chi connectivity index (χ3v) is 5.23. The van der Waals surface area contributed by atoms with Crippen LogP contribution in [0.2, 0.25) is 0 Å². The van der Waals surface area contributed by atoms with Gasteiger partial charge in [0.15, 0.2) is 0 Å². The van der Waals surface area contributed by atoms with E-state index in [0.29, 0.717) is 6.04 Å². The number of rotatable bonds is 4. The van der Waals surface area contributed by atoms with Crippen LogP contribution in [0.15, 0.2) is 72.3 Å². The zero-order chi connectivity index (χ0) is 15.5. The van der Waals surface area contributed by atoms with Crippen LogP contribution in [0.25, 0.3) is 5.57 Å². The molecule has 2 heteroatoms. The molecule has 2 aromatic carbocycles. The Morgan fingerprint density at radius 3 is 2.36 bits per heavy atom. The minimum atomic E-state index is 0.334. The third-order valence-electron chi connectivity index (χ3n) is 4.22. The molecular weight excluding hydrogens is 302 g/mol. The Hall–Kier alpha value is -1.57. The van der Waals surface area contributed by atoms with Crippen molar-refractivity contribution >= 4 is 11.3 Å². The van der Waals surface area contributed by atoms with E-state index >= 15 is 0 Å². The standard InChI is InChI=1S/C20H20N.Ti/c1-15-12-13-17(14-15)20-11-7-6-10-19(20)16(2)21-18-8-4-3-5-9-18;/h3-12,14,16H,13H2,1-2H3;/q-1;+1. The molecule has 1 atom stereocenters. The maximum absolute atomic E-state index is 2.34. The van der Waals surface area contributed by atoms with E-state index in [9.17, 15) is 0 Å². The predicted molar refractivity (Wildman–Crippen MR) is 90.1 cm³/mol. The van der Waals surface area contributed by atoms with Crippen molar-refractivity contribution in [2.24, 2.45) is 0 Å². The van der Waals surface area contributed by atoms with Gasteiger partial charge in [0.1, 0.15) is 0 Å². The van der Waals surface area contributed by atoms with Gasteiger partial charge in [0, 0.05) is 0 Å². The van der Waals surface area contributed by atoms with Crippen molar-refractivity contribution in [3.8, 4) is 0 Å². The summed E-state index contributed by atoms with van der Waals surface area (Å²) in [5, 5.41) is 0. The normalized spacial score (nSPS) is 15.1. The first-order valence-electron chi connectivity index (χ1n) is 7.69. The second-order valence-electron chi connectivity index (χ2n) is 5.79. The molecule has 0 amide bonds. The fraction of sp³-hybridized carbons (Fsp3) is 0.200. The number of allylic oxidation sites excluding steroid dienone is 4. The summed E-state index contributed by atoms with van der Waals surface area (Å²) in [5.74, 6) is 0. The van der Waals surface area contributed by atoms with Crippen molar-refractivity contribution in [1.82, 2.24) is 0 Å². The summed E-state index contributed by atoms with van der Waals surface area (Å²) >= 11 is 2.17. The van der Waals surface area contributed by atoms with E-state index < -0.39 is 0 Å². The van der Waals surface area contributed by atoms with E-state index in [2.05, 4.69) is 105 Å². The van der Waals surface area contributed by atoms with Gasteiger partial charge in [0.25, 0.3) is 0 Å². The van der Waals surface area contributed by atoms with E-state index in [1.165, 1.54) is 28.0 Å². The number of para-hydroxylation sites is 1. The van der Waals surface area contributed by atoms with Gasteiger partial charge in [0.05, 0.1) is 0 Å². The summed E-state index contributed by atoms with van der Waals surface area (Å²) < 4.78 is 2.34. The average molecular weight is 322 g/mol. The fourth-order valence-corrected chi connectivity index (χ4v) is 3.41. The monoisotopic (exact) mass is 322 g/mol. The van der Waals surface area contributed by atoms with Crippen molar-refractivity contribution in [3.63, 3.8) is 0 Å². The number of anilines is 1. The summed E-state index contributed by atoms with van der Waals surface area (Å²) in [5.41, 5.74) is 6.82. The van der Waals surface area contributed by atoms with Crippen LogP contribution < -0.4 is 3.38 Å². The molecule has 0 N–H and O–H groups in total. The van der Waals surface area contributed by atoms with Crippen LogP contribution in [0.1, 0.15) is 37.4 Å². The van der Waals surface area contributed by atoms with Crippen molar-refractivity contribution < 1.29 is 20.7 Å². The molecular formula is C20H20NTi. The minimum absolute atomic E-state index is 0.334. The summed E-state index contributed by atoms with van der Waals surface area (Å²) in [4.78, 5) is 0. The van der Waals surface area contributed by atoms with E-state index in [1.807, 2.05) is 0 Å². The molecule has 3 rings (SSSR count). The zero-order valence-electron chi connectivity index (χ0n) is 13.1. The summed E-state index contributed by atoms with van der Waals surface area (Å²) in [7, 11) is 0. The van der Waals surface area contributed by atoms with Crippen LogP contribution in [-0.4, -0.2) is 0 Å². The van der Waals surface area contributed by atoms with Crippen LogP contribution in [0.5, 0.6) is 0 Å². The molecule has 1 aliphatic rings. The molecule has 0 aliphatic heterocycles. The van der Waals surface area contributed by atoms with Gasteiger partial charge in [-0.25, -0.2) is 0 Å². The second kappa shape index (κ2) is 6.68. The van der Waals surface area contributed by atoms with Crippen LogP contribution >= 0.6 is 0 Å². The molecule has 1 nitrogen and oxygen atoms in total. The van der Waals surface area contributed by atoms with E-state index in [-0.39, 0.29) is 0 Å². The molecule has 0 aromatic heterocycles. The first kappa shape index (κ1) is 15.3. The van der Waals surface area contributed by atoms with Gasteiger partial charge < -0.3 is 0 Å². The summed E-state index contributed by atoms with van der Waals surface area (Å²) in [6.45, 7) is 4.46. The number of nitrogens with zero attached hydrogens (tertiary/aromatic N) is 1. The fourth-order valence-electron chi connectivity index (χ4n) is 2.96. The average Bonchev–Trinajstić information content (AvgIpc) is 3.00. The van der Waals surface area contributed by atoms with Crippen molar-refractivity contribution in [1.29, 1.82) is 0 Å². The van der Waals surface area contributed by atoms with E-state index in [0.717, 1.165) is 6.42 Å². The molecule has 0 saturated carbocycles. The molecule has 0 spiro atoms. The Bertz CT molecular complexity index is 715. The molecule has 1 unspecified atom stereocenters. The molecule has 109 valence electrons. The number of hydrogen-bond acceptors (Lipinski definition) is 1. The van der Waals surface area contributed by atoms with Gasteiger partial charge in [-0.15, -0.1) is 0 Å². The SMILES string of the molecule is CC1=CCC(c2ccccc2C(C)[N]([Ti])c2ccccc2)=C1. The van der Waals surface area contributed by atoms with Gasteiger partial charge in [-0.3, -0.25) is 0 Å². The molecule has 0 fully saturated rings. The maximum atomic E-state index is 2.34. The number of hydrogen-bond donors (Lipinski definition) is 0. The molecule has 0 heterocycles. The Balaban J connectivity index is 1.93. The Labute approximate surface area is 145 Å². The Morgan fingerprint density at radius 1 is 1.00 bits per heavy atom. The van der Waals surface area contributed by atoms with Gasteiger partial charge in [-0.1, -0.05) is 0 Å². The summed E-state index contributed by atoms with van der Waals surface area (Å²) in [6.07, 6.45) is 5.66. The van der Waals surface area contributed by atoms with Gasteiger partial charge >= 0.3 is 145 Å². The molecule has 2 aromatic rings. The Kier molecular flexibility index (Phi) is 4.66. The van der Waals surface area contributed by atoms with Crippen LogP contribution in [0.4, 0.5) is 5.69 Å². The van der Waals surface area contributed by atoms with Crippen molar-refractivity contribution in [3.05, 3.63) is 83.4 Å². The van der Waals surface area contributed by atoms with E-state index in [4.69, 9.17) is 0 Å². The molecule has 0 bridgehead atoms. The molecule has 22 heavy (non-hydrogen) atoms. The molecule has 0 saturated heterocycles. The summed E-state index contributed by atoms with van der Waals surface area (Å²) in [6, 6.07) is 19.7. The van der Waals surface area contributed by atoms with Crippen molar-refractivity contribution in [2.45, 2.75) is 26.3 Å². The van der Waals surface area contributed by atoms with Crippen LogP contribution in [0.3, 0.4) is 0 Å². The topological polar surface area (TPSA) is 3.24 Å². The number of benzene rings is 2. The molecule has 0 radical (unpaired) electrons. The third kappa shape index (κ3) is 3.11. The van der Waals surface area contributed by atoms with Gasteiger partial charge in [-0.2, -0.15) is 0 Å². The Morgan fingerprint density at radius 2 is 1.68 bits per heavy atom. The van der Waals surface area contributed by atoms with Gasteiger partial charge in [-0.05, 0) is 0 Å². The molecule has 1 aliphatic carbocycles. The zero-order valence-corrected chi connectivity index (χ0v) is 14.6. The van der Waals surface area contributed by atoms with E-state index in [1.54, 1.807) is 0 Å². The quantitative estimate of drug-likeness (QED) is 0.677. The van der Waals surface area contributed by atoms with Crippen molar-refractivity contribution in [2.75, 3.05) is 3.38 Å². The second-order valence-corrected chi connectivity index (χ2v) is 6.54. The van der Waals surface area contributed by atoms with Crippen LogP contribution in [0, 0.1) is 0 Å². The predicted octanol–water partition coefficient (Wildman–Crippen LogP) is 5.45. The first-order valence-corrected chi connectivity index (χ1v) is 8.39. The van der Waals surface area contributed by atoms with Crippen LogP contribution in [-0.2, 0) is 20.7 Å².